The van der Waals surface area contributed by atoms with Gasteiger partial charge < -0.3 is 0 Å². The lowest BCUT2D eigenvalue weighted by Gasteiger charge is -2.10. The standard InChI is InChI=1S/C11H11ClF2/c1-11(5-8(11)6-12)7-2-9(13)4-10(14)3-7/h2-4,8H,5-6H2,1H3. The number of rotatable bonds is 2. The molecule has 1 fully saturated rings. The molecule has 0 nitrogen and oxygen atoms in total. The van der Waals surface area contributed by atoms with Gasteiger partial charge in [0, 0.05) is 11.9 Å². The third-order valence-electron chi connectivity index (χ3n) is 3.12. The molecule has 3 heteroatoms. The van der Waals surface area contributed by atoms with Gasteiger partial charge in [-0.3, -0.25) is 0 Å². The van der Waals surface area contributed by atoms with Crippen molar-refractivity contribution in [3.8, 4) is 0 Å². The van der Waals surface area contributed by atoms with Crippen molar-refractivity contribution in [2.75, 3.05) is 5.88 Å². The second-order valence-electron chi connectivity index (χ2n) is 4.13. The van der Waals surface area contributed by atoms with Crippen molar-refractivity contribution in [3.63, 3.8) is 0 Å². The molecule has 0 heterocycles. The molecule has 0 bridgehead atoms. The number of hydrogen-bond donors (Lipinski definition) is 0. The van der Waals surface area contributed by atoms with Gasteiger partial charge in [-0.05, 0) is 35.4 Å². The van der Waals surface area contributed by atoms with E-state index in [0.29, 0.717) is 11.8 Å². The number of halogens is 3. The van der Waals surface area contributed by atoms with Crippen molar-refractivity contribution in [1.82, 2.24) is 0 Å². The summed E-state index contributed by atoms with van der Waals surface area (Å²) in [5, 5.41) is 0. The zero-order chi connectivity index (χ0) is 10.3. The van der Waals surface area contributed by atoms with Crippen molar-refractivity contribution < 1.29 is 8.78 Å². The summed E-state index contributed by atoms with van der Waals surface area (Å²) in [6.07, 6.45) is 0.916. The van der Waals surface area contributed by atoms with E-state index in [1.165, 1.54) is 12.1 Å². The minimum Gasteiger partial charge on any atom is -0.207 e. The van der Waals surface area contributed by atoms with Crippen molar-refractivity contribution >= 4 is 11.6 Å². The molecule has 0 aromatic heterocycles. The van der Waals surface area contributed by atoms with Crippen LogP contribution in [-0.4, -0.2) is 5.88 Å². The Kier molecular flexibility index (Phi) is 2.26. The molecule has 2 unspecified atom stereocenters. The van der Waals surface area contributed by atoms with Gasteiger partial charge in [0.05, 0.1) is 0 Å². The first kappa shape index (κ1) is 9.91. The monoisotopic (exact) mass is 216 g/mol. The van der Waals surface area contributed by atoms with Crippen LogP contribution in [-0.2, 0) is 5.41 Å². The maximum Gasteiger partial charge on any atom is 0.126 e. The fourth-order valence-corrected chi connectivity index (χ4v) is 2.36. The summed E-state index contributed by atoms with van der Waals surface area (Å²) >= 11 is 5.73. The van der Waals surface area contributed by atoms with Crippen LogP contribution in [0.3, 0.4) is 0 Å². The maximum atomic E-state index is 12.9. The molecule has 0 saturated heterocycles. The maximum absolute atomic E-state index is 12.9. The third-order valence-corrected chi connectivity index (χ3v) is 3.49. The van der Waals surface area contributed by atoms with E-state index in [9.17, 15) is 8.78 Å². The highest BCUT2D eigenvalue weighted by molar-refractivity contribution is 6.18. The molecule has 76 valence electrons. The molecule has 1 aliphatic carbocycles. The zero-order valence-electron chi connectivity index (χ0n) is 7.86. The summed E-state index contributed by atoms with van der Waals surface area (Å²) in [5.74, 6) is -0.123. The Balaban J connectivity index is 2.34. The van der Waals surface area contributed by atoms with E-state index in [0.717, 1.165) is 18.1 Å². The van der Waals surface area contributed by atoms with Crippen LogP contribution in [0, 0.1) is 17.6 Å². The molecule has 14 heavy (non-hydrogen) atoms. The Labute approximate surface area is 86.9 Å². The predicted molar refractivity (Wildman–Crippen MR) is 52.5 cm³/mol. The van der Waals surface area contributed by atoms with Crippen LogP contribution < -0.4 is 0 Å². The van der Waals surface area contributed by atoms with Crippen molar-refractivity contribution in [2.45, 2.75) is 18.8 Å². The van der Waals surface area contributed by atoms with Crippen LogP contribution in [0.25, 0.3) is 0 Å². The van der Waals surface area contributed by atoms with Crippen LogP contribution in [0.2, 0.25) is 0 Å². The largest absolute Gasteiger partial charge is 0.207 e. The van der Waals surface area contributed by atoms with E-state index in [-0.39, 0.29) is 5.41 Å². The van der Waals surface area contributed by atoms with Crippen LogP contribution in [0.5, 0.6) is 0 Å². The molecule has 0 aliphatic heterocycles. The minimum absolute atomic E-state index is 0.120. The lowest BCUT2D eigenvalue weighted by molar-refractivity contribution is 0.570. The summed E-state index contributed by atoms with van der Waals surface area (Å²) in [6, 6.07) is 3.69. The van der Waals surface area contributed by atoms with Crippen LogP contribution in [0.1, 0.15) is 18.9 Å². The molecular formula is C11H11ClF2. The summed E-state index contributed by atoms with van der Waals surface area (Å²) in [7, 11) is 0. The first-order chi connectivity index (χ1) is 6.56. The van der Waals surface area contributed by atoms with Gasteiger partial charge in [0.15, 0.2) is 0 Å². The summed E-state index contributed by atoms with van der Waals surface area (Å²) in [4.78, 5) is 0. The minimum atomic E-state index is -0.513. The molecular weight excluding hydrogens is 206 g/mol. The summed E-state index contributed by atoms with van der Waals surface area (Å²) in [5.41, 5.74) is 0.602. The average Bonchev–Trinajstić information content (AvgIpc) is 2.77. The zero-order valence-corrected chi connectivity index (χ0v) is 8.61. The predicted octanol–water partition coefficient (Wildman–Crippen LogP) is 3.48. The Morgan fingerprint density at radius 3 is 2.36 bits per heavy atom. The molecule has 1 aliphatic rings. The Bertz CT molecular complexity index is 344. The second kappa shape index (κ2) is 3.20. The topological polar surface area (TPSA) is 0 Å². The molecule has 1 aromatic carbocycles. The van der Waals surface area contributed by atoms with Crippen molar-refractivity contribution in [3.05, 3.63) is 35.4 Å². The van der Waals surface area contributed by atoms with Gasteiger partial charge in [-0.1, -0.05) is 6.92 Å². The first-order valence-electron chi connectivity index (χ1n) is 4.59. The van der Waals surface area contributed by atoms with Gasteiger partial charge in [-0.15, -0.1) is 11.6 Å². The van der Waals surface area contributed by atoms with Gasteiger partial charge in [-0.2, -0.15) is 0 Å². The smallest absolute Gasteiger partial charge is 0.126 e. The molecule has 0 radical (unpaired) electrons. The molecule has 1 aromatic rings. The number of benzene rings is 1. The Hall–Kier alpha value is -0.630. The van der Waals surface area contributed by atoms with Gasteiger partial charge in [0.25, 0.3) is 0 Å². The molecule has 0 amide bonds. The highest BCUT2D eigenvalue weighted by Gasteiger charge is 2.50. The Morgan fingerprint density at radius 2 is 1.93 bits per heavy atom. The molecule has 2 rings (SSSR count). The van der Waals surface area contributed by atoms with E-state index < -0.39 is 11.6 Å². The molecule has 0 N–H and O–H groups in total. The Morgan fingerprint density at radius 1 is 1.36 bits per heavy atom. The summed E-state index contributed by atoms with van der Waals surface area (Å²) < 4.78 is 25.9. The SMILES string of the molecule is CC1(c2cc(F)cc(F)c2)CC1CCl. The highest BCUT2D eigenvalue weighted by atomic mass is 35.5. The summed E-state index contributed by atoms with van der Waals surface area (Å²) in [6.45, 7) is 1.99. The normalized spacial score (nSPS) is 30.4. The van der Waals surface area contributed by atoms with Gasteiger partial charge in [-0.25, -0.2) is 8.78 Å². The van der Waals surface area contributed by atoms with E-state index in [4.69, 9.17) is 11.6 Å². The number of alkyl halides is 1. The fraction of sp³-hybridized carbons (Fsp3) is 0.455. The van der Waals surface area contributed by atoms with Gasteiger partial charge >= 0.3 is 0 Å². The number of hydrogen-bond acceptors (Lipinski definition) is 0. The van der Waals surface area contributed by atoms with Crippen molar-refractivity contribution in [2.24, 2.45) is 5.92 Å². The fourth-order valence-electron chi connectivity index (χ4n) is 1.91. The molecule has 0 spiro atoms. The van der Waals surface area contributed by atoms with Crippen LogP contribution >= 0.6 is 11.6 Å². The lowest BCUT2D eigenvalue weighted by Crippen LogP contribution is -2.06. The van der Waals surface area contributed by atoms with Crippen LogP contribution in [0.15, 0.2) is 18.2 Å². The molecule has 2 atom stereocenters. The first-order valence-corrected chi connectivity index (χ1v) is 5.12. The van der Waals surface area contributed by atoms with E-state index in [2.05, 4.69) is 0 Å². The second-order valence-corrected chi connectivity index (χ2v) is 4.44. The van der Waals surface area contributed by atoms with Gasteiger partial charge in [0.2, 0.25) is 0 Å². The third kappa shape index (κ3) is 1.52. The lowest BCUT2D eigenvalue weighted by atomic mass is 9.96. The van der Waals surface area contributed by atoms with E-state index in [1.807, 2.05) is 6.92 Å². The van der Waals surface area contributed by atoms with Crippen molar-refractivity contribution in [1.29, 1.82) is 0 Å². The average molecular weight is 217 g/mol. The quantitative estimate of drug-likeness (QED) is 0.664. The molecule has 1 saturated carbocycles. The van der Waals surface area contributed by atoms with Crippen LogP contribution in [0.4, 0.5) is 8.78 Å². The highest BCUT2D eigenvalue weighted by Crippen LogP contribution is 2.54. The van der Waals surface area contributed by atoms with E-state index in [1.54, 1.807) is 0 Å². The van der Waals surface area contributed by atoms with E-state index >= 15 is 0 Å². The van der Waals surface area contributed by atoms with Gasteiger partial charge in [0.1, 0.15) is 11.6 Å².